The molecule has 5 nitrogen and oxygen atoms in total. The molecule has 106 valence electrons. The highest BCUT2D eigenvalue weighted by Crippen LogP contribution is 2.35. The number of carbonyl (C=O) groups is 1. The van der Waals surface area contributed by atoms with Gasteiger partial charge in [-0.15, -0.1) is 0 Å². The number of anilines is 1. The molecule has 20 heavy (non-hydrogen) atoms. The lowest BCUT2D eigenvalue weighted by molar-refractivity contribution is -0.150. The SMILES string of the molecule is CC(C)(C(=O)O)C1CCCN(c2ccnc(C#N)c2)C1. The zero-order valence-electron chi connectivity index (χ0n) is 11.8. The zero-order valence-corrected chi connectivity index (χ0v) is 11.8. The van der Waals surface area contributed by atoms with Crippen molar-refractivity contribution in [3.8, 4) is 6.07 Å². The molecule has 0 aromatic carbocycles. The summed E-state index contributed by atoms with van der Waals surface area (Å²) in [5.74, 6) is -0.649. The van der Waals surface area contributed by atoms with E-state index in [0.717, 1.165) is 25.1 Å². The van der Waals surface area contributed by atoms with Crippen LogP contribution >= 0.6 is 0 Å². The van der Waals surface area contributed by atoms with Gasteiger partial charge in [-0.3, -0.25) is 4.79 Å². The van der Waals surface area contributed by atoms with Crippen LogP contribution in [-0.4, -0.2) is 29.1 Å². The number of aliphatic carboxylic acids is 1. The highest BCUT2D eigenvalue weighted by molar-refractivity contribution is 5.74. The van der Waals surface area contributed by atoms with Crippen LogP contribution in [0, 0.1) is 22.7 Å². The highest BCUT2D eigenvalue weighted by atomic mass is 16.4. The monoisotopic (exact) mass is 273 g/mol. The van der Waals surface area contributed by atoms with Crippen LogP contribution < -0.4 is 4.90 Å². The number of piperidine rings is 1. The van der Waals surface area contributed by atoms with Crippen LogP contribution in [0.1, 0.15) is 32.4 Å². The number of hydrogen-bond donors (Lipinski definition) is 1. The standard InChI is InChI=1S/C15H19N3O2/c1-15(2,14(19)20)11-4-3-7-18(10-11)13-5-6-17-12(8-13)9-16/h5-6,8,11H,3-4,7,10H2,1-2H3,(H,19,20). The Morgan fingerprint density at radius 3 is 3.00 bits per heavy atom. The van der Waals surface area contributed by atoms with E-state index in [0.29, 0.717) is 12.2 Å². The zero-order chi connectivity index (χ0) is 14.8. The molecule has 0 amide bonds. The lowest BCUT2D eigenvalue weighted by Crippen LogP contribution is -2.44. The van der Waals surface area contributed by atoms with Crippen LogP contribution in [0.5, 0.6) is 0 Å². The van der Waals surface area contributed by atoms with Gasteiger partial charge >= 0.3 is 5.97 Å². The molecule has 1 aromatic rings. The van der Waals surface area contributed by atoms with Crippen LogP contribution in [0.4, 0.5) is 5.69 Å². The fourth-order valence-corrected chi connectivity index (χ4v) is 2.65. The molecule has 1 atom stereocenters. The Bertz CT molecular complexity index is 548. The van der Waals surface area contributed by atoms with Crippen molar-refractivity contribution in [2.45, 2.75) is 26.7 Å². The maximum Gasteiger partial charge on any atom is 0.309 e. The molecule has 1 aliphatic rings. The Morgan fingerprint density at radius 2 is 2.35 bits per heavy atom. The second-order valence-electron chi connectivity index (χ2n) is 5.82. The molecule has 1 saturated heterocycles. The number of aromatic nitrogens is 1. The maximum atomic E-state index is 11.4. The number of nitrogens with zero attached hydrogens (tertiary/aromatic N) is 3. The average Bonchev–Trinajstić information content (AvgIpc) is 2.47. The maximum absolute atomic E-state index is 11.4. The molecule has 1 N–H and O–H groups in total. The van der Waals surface area contributed by atoms with E-state index in [9.17, 15) is 9.90 Å². The molecule has 0 bridgehead atoms. The Morgan fingerprint density at radius 1 is 1.60 bits per heavy atom. The second-order valence-corrected chi connectivity index (χ2v) is 5.82. The Balaban J connectivity index is 2.18. The fourth-order valence-electron chi connectivity index (χ4n) is 2.65. The van der Waals surface area contributed by atoms with E-state index in [-0.39, 0.29) is 5.92 Å². The van der Waals surface area contributed by atoms with Gasteiger partial charge in [0.05, 0.1) is 5.41 Å². The van der Waals surface area contributed by atoms with Crippen molar-refractivity contribution in [1.82, 2.24) is 4.98 Å². The van der Waals surface area contributed by atoms with Crippen molar-refractivity contribution in [3.63, 3.8) is 0 Å². The number of carboxylic acids is 1. The third-order valence-corrected chi connectivity index (χ3v) is 4.22. The van der Waals surface area contributed by atoms with Gasteiger partial charge in [0.15, 0.2) is 0 Å². The summed E-state index contributed by atoms with van der Waals surface area (Å²) in [4.78, 5) is 17.5. The summed E-state index contributed by atoms with van der Waals surface area (Å²) in [5.41, 5.74) is 0.605. The minimum absolute atomic E-state index is 0.104. The van der Waals surface area contributed by atoms with Crippen LogP contribution in [0.2, 0.25) is 0 Å². The molecule has 1 aromatic heterocycles. The molecule has 0 spiro atoms. The molecular formula is C15H19N3O2. The van der Waals surface area contributed by atoms with Crippen LogP contribution in [0.15, 0.2) is 18.3 Å². The van der Waals surface area contributed by atoms with Crippen LogP contribution in [-0.2, 0) is 4.79 Å². The van der Waals surface area contributed by atoms with E-state index in [4.69, 9.17) is 5.26 Å². The first-order valence-corrected chi connectivity index (χ1v) is 6.79. The number of hydrogen-bond acceptors (Lipinski definition) is 4. The summed E-state index contributed by atoms with van der Waals surface area (Å²) in [7, 11) is 0. The average molecular weight is 273 g/mol. The van der Waals surface area contributed by atoms with Crippen molar-refractivity contribution >= 4 is 11.7 Å². The molecule has 1 aliphatic heterocycles. The molecule has 0 aliphatic carbocycles. The molecule has 2 heterocycles. The van der Waals surface area contributed by atoms with E-state index in [2.05, 4.69) is 9.88 Å². The van der Waals surface area contributed by atoms with Gasteiger partial charge in [0.2, 0.25) is 0 Å². The molecule has 0 radical (unpaired) electrons. The normalized spacial score (nSPS) is 19.4. The third-order valence-electron chi connectivity index (χ3n) is 4.22. The second kappa shape index (κ2) is 5.49. The van der Waals surface area contributed by atoms with Crippen molar-refractivity contribution < 1.29 is 9.90 Å². The molecule has 1 unspecified atom stereocenters. The van der Waals surface area contributed by atoms with Gasteiger partial charge in [0.1, 0.15) is 11.8 Å². The van der Waals surface area contributed by atoms with E-state index < -0.39 is 11.4 Å². The van der Waals surface area contributed by atoms with Gasteiger partial charge in [-0.1, -0.05) is 0 Å². The first-order valence-electron chi connectivity index (χ1n) is 6.79. The summed E-state index contributed by atoms with van der Waals surface area (Å²) in [6.07, 6.45) is 3.51. The smallest absolute Gasteiger partial charge is 0.309 e. The minimum atomic E-state index is -0.753. The van der Waals surface area contributed by atoms with Crippen LogP contribution in [0.3, 0.4) is 0 Å². The van der Waals surface area contributed by atoms with Gasteiger partial charge in [0.25, 0.3) is 0 Å². The fraction of sp³-hybridized carbons (Fsp3) is 0.533. The first kappa shape index (κ1) is 14.3. The Hall–Kier alpha value is -2.09. The van der Waals surface area contributed by atoms with Crippen molar-refractivity contribution in [2.75, 3.05) is 18.0 Å². The predicted molar refractivity (Wildman–Crippen MR) is 75.3 cm³/mol. The molecule has 1 fully saturated rings. The molecule has 5 heteroatoms. The molecule has 2 rings (SSSR count). The molecule has 0 saturated carbocycles. The predicted octanol–water partition coefficient (Wildman–Crippen LogP) is 2.28. The summed E-state index contributed by atoms with van der Waals surface area (Å²) in [5, 5.41) is 18.3. The van der Waals surface area contributed by atoms with E-state index in [1.54, 1.807) is 26.1 Å². The highest BCUT2D eigenvalue weighted by Gasteiger charge is 2.39. The lowest BCUT2D eigenvalue weighted by atomic mass is 9.74. The Labute approximate surface area is 118 Å². The topological polar surface area (TPSA) is 77.2 Å². The van der Waals surface area contributed by atoms with Gasteiger partial charge in [0, 0.05) is 25.0 Å². The number of rotatable bonds is 3. The number of pyridine rings is 1. The van der Waals surface area contributed by atoms with Gasteiger partial charge in [-0.25, -0.2) is 4.98 Å². The van der Waals surface area contributed by atoms with Crippen molar-refractivity contribution in [2.24, 2.45) is 11.3 Å². The lowest BCUT2D eigenvalue weighted by Gasteiger charge is -2.40. The summed E-state index contributed by atoms with van der Waals surface area (Å²) < 4.78 is 0. The molecular weight excluding hydrogens is 254 g/mol. The van der Waals surface area contributed by atoms with Gasteiger partial charge in [-0.2, -0.15) is 5.26 Å². The largest absolute Gasteiger partial charge is 0.481 e. The van der Waals surface area contributed by atoms with Crippen molar-refractivity contribution in [3.05, 3.63) is 24.0 Å². The summed E-state index contributed by atoms with van der Waals surface area (Å²) >= 11 is 0. The van der Waals surface area contributed by atoms with E-state index in [1.165, 1.54) is 0 Å². The minimum Gasteiger partial charge on any atom is -0.481 e. The summed E-state index contributed by atoms with van der Waals surface area (Å²) in [6, 6.07) is 5.67. The number of nitriles is 1. The van der Waals surface area contributed by atoms with Gasteiger partial charge in [-0.05, 0) is 44.7 Å². The summed E-state index contributed by atoms with van der Waals surface area (Å²) in [6.45, 7) is 5.17. The quantitative estimate of drug-likeness (QED) is 0.914. The third kappa shape index (κ3) is 2.74. The number of carboxylic acid groups (broad SMARTS) is 1. The van der Waals surface area contributed by atoms with E-state index in [1.807, 2.05) is 12.1 Å². The van der Waals surface area contributed by atoms with E-state index >= 15 is 0 Å². The first-order chi connectivity index (χ1) is 9.45. The van der Waals surface area contributed by atoms with Crippen LogP contribution in [0.25, 0.3) is 0 Å². The Kier molecular flexibility index (Phi) is 3.93. The van der Waals surface area contributed by atoms with Gasteiger partial charge < -0.3 is 10.0 Å². The van der Waals surface area contributed by atoms with Crippen molar-refractivity contribution in [1.29, 1.82) is 5.26 Å².